The molecule has 3 amide bonds. The zero-order valence-corrected chi connectivity index (χ0v) is 23.5. The highest BCUT2D eigenvalue weighted by molar-refractivity contribution is 7.60. The summed E-state index contributed by atoms with van der Waals surface area (Å²) in [6.07, 6.45) is 14.8. The van der Waals surface area contributed by atoms with Crippen molar-refractivity contribution in [2.45, 2.75) is 107 Å². The molecular formula is C28H42N3O7P. The molecule has 2 saturated carbocycles. The molecule has 216 valence electrons. The smallest absolute Gasteiger partial charge is 0.408 e. The molecule has 3 fully saturated rings. The summed E-state index contributed by atoms with van der Waals surface area (Å²) in [7, 11) is -3.88. The average molecular weight is 564 g/mol. The summed E-state index contributed by atoms with van der Waals surface area (Å²) in [5.74, 6) is -0.433. The average Bonchev–Trinajstić information content (AvgIpc) is 3.41. The first-order valence-corrected chi connectivity index (χ1v) is 16.5. The lowest BCUT2D eigenvalue weighted by Crippen LogP contribution is -2.55. The lowest BCUT2D eigenvalue weighted by Gasteiger charge is -2.31. The van der Waals surface area contributed by atoms with Gasteiger partial charge in [-0.25, -0.2) is 4.79 Å². The molecule has 39 heavy (non-hydrogen) atoms. The van der Waals surface area contributed by atoms with Crippen LogP contribution in [0.2, 0.25) is 0 Å². The SMILES string of the molecule is O=C(N[C@H]1CCCCC/C=C\[C@@H]2C[C@@]2(P(=O)(O)CC2=CCCO2)NC(=O)[C@@H]2CCCN2C1=O)OC1CCCC1. The third-order valence-electron chi connectivity index (χ3n) is 8.83. The van der Waals surface area contributed by atoms with Crippen molar-refractivity contribution in [2.24, 2.45) is 5.92 Å². The van der Waals surface area contributed by atoms with Crippen LogP contribution in [-0.4, -0.2) is 70.5 Å². The number of nitrogens with zero attached hydrogens (tertiary/aromatic N) is 1. The van der Waals surface area contributed by atoms with E-state index in [1.807, 2.05) is 18.2 Å². The molecule has 5 aliphatic rings. The van der Waals surface area contributed by atoms with Gasteiger partial charge in [0, 0.05) is 18.9 Å². The predicted octanol–water partition coefficient (Wildman–Crippen LogP) is 3.94. The van der Waals surface area contributed by atoms with Crippen molar-refractivity contribution in [3.8, 4) is 0 Å². The van der Waals surface area contributed by atoms with Crippen LogP contribution in [0.4, 0.5) is 4.79 Å². The normalized spacial score (nSPS) is 34.3. The van der Waals surface area contributed by atoms with Crippen molar-refractivity contribution in [3.05, 3.63) is 24.0 Å². The molecule has 11 heteroatoms. The number of hydrogen-bond acceptors (Lipinski definition) is 6. The molecule has 3 aliphatic heterocycles. The van der Waals surface area contributed by atoms with Gasteiger partial charge < -0.3 is 29.9 Å². The van der Waals surface area contributed by atoms with Crippen LogP contribution < -0.4 is 10.6 Å². The number of amides is 3. The number of nitrogens with one attached hydrogen (secondary N) is 2. The second kappa shape index (κ2) is 12.0. The molecule has 0 aromatic heterocycles. The van der Waals surface area contributed by atoms with Gasteiger partial charge in [0.1, 0.15) is 29.2 Å². The molecule has 0 aromatic carbocycles. The van der Waals surface area contributed by atoms with Crippen LogP contribution in [0.5, 0.6) is 0 Å². The highest BCUT2D eigenvalue weighted by Gasteiger charge is 2.66. The highest BCUT2D eigenvalue weighted by atomic mass is 31.2. The third kappa shape index (κ3) is 6.37. The fraction of sp³-hybridized carbons (Fsp3) is 0.750. The van der Waals surface area contributed by atoms with Crippen molar-refractivity contribution in [1.82, 2.24) is 15.5 Å². The van der Waals surface area contributed by atoms with E-state index in [-0.39, 0.29) is 24.1 Å². The second-order valence-electron chi connectivity index (χ2n) is 11.7. The van der Waals surface area contributed by atoms with Crippen molar-refractivity contribution in [2.75, 3.05) is 19.3 Å². The molecule has 0 radical (unpaired) electrons. The number of hydrogen-bond donors (Lipinski definition) is 3. The molecule has 0 spiro atoms. The van der Waals surface area contributed by atoms with E-state index >= 15 is 0 Å². The second-order valence-corrected chi connectivity index (χ2v) is 14.2. The summed E-state index contributed by atoms with van der Waals surface area (Å²) in [5.41, 5.74) is 0. The lowest BCUT2D eigenvalue weighted by atomic mass is 10.1. The molecule has 5 rings (SSSR count). The number of allylic oxidation sites excluding steroid dienone is 2. The maximum atomic E-state index is 13.7. The minimum absolute atomic E-state index is 0.110. The molecule has 3 N–H and O–H groups in total. The summed E-state index contributed by atoms with van der Waals surface area (Å²) in [4.78, 5) is 52.8. The molecule has 0 bridgehead atoms. The fourth-order valence-corrected chi connectivity index (χ4v) is 8.80. The number of fused-ring (bicyclic) bond motifs is 2. The van der Waals surface area contributed by atoms with Crippen LogP contribution in [-0.2, 0) is 23.6 Å². The Morgan fingerprint density at radius 3 is 2.69 bits per heavy atom. The Hall–Kier alpha value is -2.32. The highest BCUT2D eigenvalue weighted by Crippen LogP contribution is 2.70. The summed E-state index contributed by atoms with van der Waals surface area (Å²) in [5, 5.41) is 4.50. The monoisotopic (exact) mass is 563 g/mol. The molecule has 0 aromatic rings. The van der Waals surface area contributed by atoms with E-state index < -0.39 is 36.7 Å². The van der Waals surface area contributed by atoms with Gasteiger partial charge in [0.25, 0.3) is 0 Å². The molecule has 2 aliphatic carbocycles. The zero-order chi connectivity index (χ0) is 27.5. The van der Waals surface area contributed by atoms with E-state index in [4.69, 9.17) is 9.47 Å². The van der Waals surface area contributed by atoms with Crippen molar-refractivity contribution in [3.63, 3.8) is 0 Å². The standard InChI is InChI=1S/C28H42N3O7P/c32-25-24-15-8-16-31(24)26(33)23(29-27(34)38-21-11-6-7-12-21)14-5-3-1-2-4-10-20-18-28(20,30-25)39(35,36)19-22-13-9-17-37-22/h4,10,13,20-21,23-24H,1-3,5-9,11-12,14-19H2,(H,29,34)(H,30,32)(H,35,36)/b10-4-/t20-,23+,24+,28+/m1/s1. The predicted molar refractivity (Wildman–Crippen MR) is 145 cm³/mol. The Morgan fingerprint density at radius 1 is 1.13 bits per heavy atom. The van der Waals surface area contributed by atoms with Gasteiger partial charge in [-0.3, -0.25) is 14.2 Å². The van der Waals surface area contributed by atoms with Crippen LogP contribution in [0.1, 0.15) is 83.5 Å². The zero-order valence-electron chi connectivity index (χ0n) is 22.6. The Kier molecular flexibility index (Phi) is 8.72. The van der Waals surface area contributed by atoms with Crippen LogP contribution in [0, 0.1) is 5.92 Å². The van der Waals surface area contributed by atoms with Gasteiger partial charge in [0.05, 0.1) is 12.8 Å². The van der Waals surface area contributed by atoms with Gasteiger partial charge in [-0.05, 0) is 70.3 Å². The summed E-state index contributed by atoms with van der Waals surface area (Å²) < 4.78 is 24.8. The van der Waals surface area contributed by atoms with E-state index in [0.717, 1.165) is 51.4 Å². The van der Waals surface area contributed by atoms with Crippen LogP contribution in [0.15, 0.2) is 24.0 Å². The number of carbonyl (C=O) groups is 3. The number of carbonyl (C=O) groups excluding carboxylic acids is 3. The van der Waals surface area contributed by atoms with E-state index in [9.17, 15) is 23.8 Å². The number of rotatable bonds is 5. The minimum atomic E-state index is -3.88. The van der Waals surface area contributed by atoms with Crippen LogP contribution in [0.25, 0.3) is 0 Å². The van der Waals surface area contributed by atoms with Crippen molar-refractivity contribution < 1.29 is 33.3 Å². The first-order valence-electron chi connectivity index (χ1n) is 14.7. The topological polar surface area (TPSA) is 134 Å². The maximum absolute atomic E-state index is 13.7. The first-order chi connectivity index (χ1) is 18.8. The number of alkyl carbamates (subject to hydrolysis) is 1. The summed E-state index contributed by atoms with van der Waals surface area (Å²) in [6.45, 7) is 0.904. The van der Waals surface area contributed by atoms with Gasteiger partial charge in [-0.1, -0.05) is 25.0 Å². The van der Waals surface area contributed by atoms with E-state index in [2.05, 4.69) is 10.6 Å². The summed E-state index contributed by atoms with van der Waals surface area (Å²) >= 11 is 0. The minimum Gasteiger partial charge on any atom is -0.497 e. The fourth-order valence-electron chi connectivity index (χ4n) is 6.51. The Balaban J connectivity index is 1.33. The quantitative estimate of drug-likeness (QED) is 0.341. The van der Waals surface area contributed by atoms with Crippen molar-refractivity contribution in [1.29, 1.82) is 0 Å². The van der Waals surface area contributed by atoms with Gasteiger partial charge in [-0.15, -0.1) is 0 Å². The van der Waals surface area contributed by atoms with Gasteiger partial charge in [0.15, 0.2) is 0 Å². The largest absolute Gasteiger partial charge is 0.497 e. The Bertz CT molecular complexity index is 1060. The third-order valence-corrected chi connectivity index (χ3v) is 11.4. The van der Waals surface area contributed by atoms with Gasteiger partial charge in [0.2, 0.25) is 19.2 Å². The Labute approximate surface area is 230 Å². The molecular weight excluding hydrogens is 521 g/mol. The molecule has 5 atom stereocenters. The van der Waals surface area contributed by atoms with E-state index in [1.165, 1.54) is 0 Å². The first kappa shape index (κ1) is 28.2. The lowest BCUT2D eigenvalue weighted by molar-refractivity contribution is -0.140. The molecule has 1 unspecified atom stereocenters. The maximum Gasteiger partial charge on any atom is 0.408 e. The molecule has 3 heterocycles. The van der Waals surface area contributed by atoms with Gasteiger partial charge in [-0.2, -0.15) is 0 Å². The number of ether oxygens (including phenoxy) is 2. The van der Waals surface area contributed by atoms with Crippen LogP contribution in [0.3, 0.4) is 0 Å². The van der Waals surface area contributed by atoms with Gasteiger partial charge >= 0.3 is 6.09 Å². The van der Waals surface area contributed by atoms with Crippen molar-refractivity contribution >= 4 is 25.3 Å². The van der Waals surface area contributed by atoms with E-state index in [0.29, 0.717) is 51.0 Å². The summed E-state index contributed by atoms with van der Waals surface area (Å²) in [6, 6.07) is -1.52. The molecule has 1 saturated heterocycles. The molecule has 10 nitrogen and oxygen atoms in total. The van der Waals surface area contributed by atoms with Crippen LogP contribution >= 0.6 is 7.37 Å². The van der Waals surface area contributed by atoms with E-state index in [1.54, 1.807) is 4.90 Å². The Morgan fingerprint density at radius 2 is 1.92 bits per heavy atom.